The Hall–Kier alpha value is 0.130. The van der Waals surface area contributed by atoms with Gasteiger partial charge in [0.15, 0.2) is 0 Å². The lowest BCUT2D eigenvalue weighted by molar-refractivity contribution is -0.134. The Balaban J connectivity index is 4.25. The van der Waals surface area contributed by atoms with Gasteiger partial charge in [0.1, 0.15) is 0 Å². The zero-order chi connectivity index (χ0) is 10.6. The maximum Gasteiger partial charge on any atom is 0.238 e. The highest BCUT2D eigenvalue weighted by Crippen LogP contribution is 2.21. The summed E-state index contributed by atoms with van der Waals surface area (Å²) in [7, 11) is 0. The molecule has 1 amide bonds. The van der Waals surface area contributed by atoms with Crippen LogP contribution in [-0.4, -0.2) is 33.7 Å². The third-order valence-electron chi connectivity index (χ3n) is 1.65. The van der Waals surface area contributed by atoms with Crippen LogP contribution in [-0.2, 0) is 4.79 Å². The Bertz CT molecular complexity index is 183. The highest BCUT2D eigenvalue weighted by Gasteiger charge is 2.29. The molecular weight excluding hydrogens is 206 g/mol. The van der Waals surface area contributed by atoms with Gasteiger partial charge in [-0.15, -0.1) is 0 Å². The van der Waals surface area contributed by atoms with E-state index in [1.165, 1.54) is 4.31 Å². The summed E-state index contributed by atoms with van der Waals surface area (Å²) in [5.74, 6) is 0.342. The van der Waals surface area contributed by atoms with Crippen molar-refractivity contribution in [2.24, 2.45) is 5.41 Å². The molecule has 1 unspecified atom stereocenters. The second-order valence-electron chi connectivity index (χ2n) is 3.78. The van der Waals surface area contributed by atoms with Crippen molar-refractivity contribution in [1.82, 2.24) is 4.31 Å². The quantitative estimate of drug-likeness (QED) is 0.622. The van der Waals surface area contributed by atoms with E-state index < -0.39 is 11.5 Å². The summed E-state index contributed by atoms with van der Waals surface area (Å²) in [4.78, 5) is 11.6. The van der Waals surface area contributed by atoms with Crippen molar-refractivity contribution in [2.45, 2.75) is 26.9 Å². The number of carbonyl (C=O) groups excluding carboxylic acids is 1. The van der Waals surface area contributed by atoms with Crippen molar-refractivity contribution in [3.05, 3.63) is 0 Å². The first-order chi connectivity index (χ1) is 5.81. The molecule has 0 saturated heterocycles. The molecule has 0 aromatic rings. The summed E-state index contributed by atoms with van der Waals surface area (Å²) in [5.41, 5.74) is -0.528. The summed E-state index contributed by atoms with van der Waals surface area (Å²) in [6, 6.07) is 0. The highest BCUT2D eigenvalue weighted by molar-refractivity contribution is 7.80. The molecule has 0 spiro atoms. The second kappa shape index (κ2) is 5.12. The maximum absolute atomic E-state index is 11.6. The lowest BCUT2D eigenvalue weighted by Gasteiger charge is -2.27. The smallest absolute Gasteiger partial charge is 0.238 e. The van der Waals surface area contributed by atoms with E-state index >= 15 is 0 Å². The van der Waals surface area contributed by atoms with Gasteiger partial charge in [0.05, 0.1) is 18.1 Å². The lowest BCUT2D eigenvalue weighted by Crippen LogP contribution is -2.39. The average molecular weight is 223 g/mol. The molecule has 0 aliphatic rings. The molecule has 1 atom stereocenters. The Labute approximate surface area is 90.5 Å². The van der Waals surface area contributed by atoms with Gasteiger partial charge in [-0.05, 0) is 6.92 Å². The zero-order valence-corrected chi connectivity index (χ0v) is 9.98. The molecule has 0 rings (SSSR count). The molecule has 78 valence electrons. The van der Waals surface area contributed by atoms with Crippen LogP contribution in [0, 0.1) is 5.41 Å². The number of nitrogens with zero attached hydrogens (tertiary/aromatic N) is 1. The zero-order valence-electron chi connectivity index (χ0n) is 8.19. The van der Waals surface area contributed by atoms with Crippen LogP contribution >= 0.6 is 25.4 Å². The molecular formula is C8H17NO2S2. The molecule has 0 bridgehead atoms. The van der Waals surface area contributed by atoms with Crippen LogP contribution in [0.2, 0.25) is 0 Å². The van der Waals surface area contributed by atoms with E-state index in [0.29, 0.717) is 5.75 Å². The van der Waals surface area contributed by atoms with Gasteiger partial charge in [0, 0.05) is 5.75 Å². The van der Waals surface area contributed by atoms with Gasteiger partial charge in [-0.2, -0.15) is 12.6 Å². The maximum atomic E-state index is 11.6. The Morgan fingerprint density at radius 3 is 2.38 bits per heavy atom. The van der Waals surface area contributed by atoms with E-state index in [9.17, 15) is 4.79 Å². The van der Waals surface area contributed by atoms with Crippen LogP contribution < -0.4 is 0 Å². The van der Waals surface area contributed by atoms with E-state index in [4.69, 9.17) is 5.11 Å². The van der Waals surface area contributed by atoms with Crippen molar-refractivity contribution in [2.75, 3.05) is 12.3 Å². The SMILES string of the molecule is CC(O)CN(S)C(=O)C(C)(C)CS. The number of aliphatic hydroxyl groups excluding tert-OH is 1. The summed E-state index contributed by atoms with van der Waals surface area (Å²) in [6.45, 7) is 5.45. The van der Waals surface area contributed by atoms with E-state index in [-0.39, 0.29) is 12.5 Å². The van der Waals surface area contributed by atoms with Crippen molar-refractivity contribution < 1.29 is 9.90 Å². The fourth-order valence-electron chi connectivity index (χ4n) is 0.750. The van der Waals surface area contributed by atoms with Crippen LogP contribution in [0.15, 0.2) is 0 Å². The number of amides is 1. The Morgan fingerprint density at radius 2 is 2.08 bits per heavy atom. The largest absolute Gasteiger partial charge is 0.392 e. The monoisotopic (exact) mass is 223 g/mol. The number of rotatable bonds is 4. The van der Waals surface area contributed by atoms with Crippen molar-refractivity contribution in [3.63, 3.8) is 0 Å². The molecule has 0 aromatic heterocycles. The standard InChI is InChI=1S/C8H17NO2S2/c1-6(10)4-9(13)7(11)8(2,3)5-12/h6,10,12-13H,4-5H2,1-3H3. The third-order valence-corrected chi connectivity index (χ3v) is 2.78. The van der Waals surface area contributed by atoms with E-state index in [1.54, 1.807) is 20.8 Å². The van der Waals surface area contributed by atoms with Crippen LogP contribution in [0.4, 0.5) is 0 Å². The molecule has 5 heteroatoms. The first-order valence-electron chi connectivity index (χ1n) is 4.11. The number of thiol groups is 2. The number of hydrogen-bond acceptors (Lipinski definition) is 4. The molecule has 0 fully saturated rings. The number of aliphatic hydroxyl groups is 1. The minimum Gasteiger partial charge on any atom is -0.392 e. The summed E-state index contributed by atoms with van der Waals surface area (Å²) in [6.07, 6.45) is -0.558. The van der Waals surface area contributed by atoms with Crippen LogP contribution in [0.1, 0.15) is 20.8 Å². The summed E-state index contributed by atoms with van der Waals surface area (Å²) < 4.78 is 1.24. The fourth-order valence-corrected chi connectivity index (χ4v) is 1.39. The molecule has 0 heterocycles. The highest BCUT2D eigenvalue weighted by atomic mass is 32.1. The fraction of sp³-hybridized carbons (Fsp3) is 0.875. The van der Waals surface area contributed by atoms with Crippen molar-refractivity contribution in [1.29, 1.82) is 0 Å². The normalized spacial score (nSPS) is 14.0. The predicted molar refractivity (Wildman–Crippen MR) is 60.0 cm³/mol. The van der Waals surface area contributed by atoms with Gasteiger partial charge in [0.25, 0.3) is 0 Å². The first kappa shape index (κ1) is 13.1. The van der Waals surface area contributed by atoms with Gasteiger partial charge in [0.2, 0.25) is 5.91 Å². The molecule has 0 saturated carbocycles. The Kier molecular flexibility index (Phi) is 5.17. The molecule has 3 nitrogen and oxygen atoms in total. The molecule has 0 aromatic carbocycles. The van der Waals surface area contributed by atoms with Crippen molar-refractivity contribution >= 4 is 31.4 Å². The lowest BCUT2D eigenvalue weighted by atomic mass is 9.95. The molecule has 1 N–H and O–H groups in total. The van der Waals surface area contributed by atoms with E-state index in [1.807, 2.05) is 0 Å². The van der Waals surface area contributed by atoms with Crippen LogP contribution in [0.25, 0.3) is 0 Å². The summed E-state index contributed by atoms with van der Waals surface area (Å²) in [5, 5.41) is 9.05. The van der Waals surface area contributed by atoms with E-state index in [0.717, 1.165) is 0 Å². The van der Waals surface area contributed by atoms with Gasteiger partial charge in [-0.3, -0.25) is 9.10 Å². The van der Waals surface area contributed by atoms with Gasteiger partial charge in [-0.25, -0.2) is 0 Å². The first-order valence-corrected chi connectivity index (χ1v) is 5.14. The van der Waals surface area contributed by atoms with Gasteiger partial charge in [-0.1, -0.05) is 26.7 Å². The second-order valence-corrected chi connectivity index (χ2v) is 4.58. The topological polar surface area (TPSA) is 40.5 Å². The molecule has 13 heavy (non-hydrogen) atoms. The van der Waals surface area contributed by atoms with Crippen LogP contribution in [0.5, 0.6) is 0 Å². The molecule has 0 radical (unpaired) electrons. The number of carbonyl (C=O) groups is 1. The van der Waals surface area contributed by atoms with Gasteiger partial charge < -0.3 is 5.11 Å². The summed E-state index contributed by atoms with van der Waals surface area (Å²) >= 11 is 8.08. The van der Waals surface area contributed by atoms with E-state index in [2.05, 4.69) is 25.4 Å². The van der Waals surface area contributed by atoms with Crippen LogP contribution in [0.3, 0.4) is 0 Å². The minimum absolute atomic E-state index is 0.119. The van der Waals surface area contributed by atoms with Gasteiger partial charge >= 0.3 is 0 Å². The minimum atomic E-state index is -0.558. The molecule has 0 aliphatic carbocycles. The Morgan fingerprint density at radius 1 is 1.62 bits per heavy atom. The third kappa shape index (κ3) is 4.24. The average Bonchev–Trinajstić information content (AvgIpc) is 2.01. The predicted octanol–water partition coefficient (Wildman–Crippen LogP) is 0.997. The number of hydrogen-bond donors (Lipinski definition) is 3. The molecule has 0 aliphatic heterocycles. The van der Waals surface area contributed by atoms with Crippen molar-refractivity contribution in [3.8, 4) is 0 Å².